The Labute approximate surface area is 136 Å². The number of carboxylic acid groups (broad SMARTS) is 1. The van der Waals surface area contributed by atoms with Crippen LogP contribution in [0.4, 0.5) is 10.5 Å². The van der Waals surface area contributed by atoms with Crippen molar-refractivity contribution in [3.8, 4) is 22.8 Å². The van der Waals surface area contributed by atoms with E-state index in [1.54, 1.807) is 6.20 Å². The van der Waals surface area contributed by atoms with Crippen LogP contribution in [0.2, 0.25) is 5.02 Å². The molecule has 2 heterocycles. The molecule has 0 atom stereocenters. The Bertz CT molecular complexity index is 740. The highest BCUT2D eigenvalue weighted by Crippen LogP contribution is 2.40. The van der Waals surface area contributed by atoms with Gasteiger partial charge in [-0.1, -0.05) is 11.6 Å². The Morgan fingerprint density at radius 2 is 1.87 bits per heavy atom. The monoisotopic (exact) mass is 338 g/mol. The lowest BCUT2D eigenvalue weighted by atomic mass is 10.1. The maximum Gasteiger partial charge on any atom is 0.407 e. The Morgan fingerprint density at radius 3 is 2.52 bits per heavy atom. The minimum Gasteiger partial charge on any atom is -0.507 e. The van der Waals surface area contributed by atoms with Gasteiger partial charge in [-0.05, 0) is 6.07 Å². The first-order chi connectivity index (χ1) is 11.0. The van der Waals surface area contributed by atoms with E-state index in [9.17, 15) is 15.0 Å². The van der Waals surface area contributed by atoms with Crippen molar-refractivity contribution in [3.63, 3.8) is 0 Å². The molecule has 0 bridgehead atoms. The molecule has 0 saturated carbocycles. The molecule has 1 amide bonds. The second-order valence-electron chi connectivity index (χ2n) is 5.21. The van der Waals surface area contributed by atoms with Crippen molar-refractivity contribution in [3.05, 3.63) is 23.4 Å². The van der Waals surface area contributed by atoms with Gasteiger partial charge in [-0.25, -0.2) is 4.79 Å². The van der Waals surface area contributed by atoms with Crippen molar-refractivity contribution in [1.29, 1.82) is 0 Å². The van der Waals surface area contributed by atoms with Gasteiger partial charge in [0.05, 0.1) is 22.6 Å². The minimum atomic E-state index is -0.931. The highest BCUT2D eigenvalue weighted by molar-refractivity contribution is 6.32. The number of phenols is 2. The summed E-state index contributed by atoms with van der Waals surface area (Å²) in [5, 5.41) is 35.5. The van der Waals surface area contributed by atoms with Gasteiger partial charge in [0, 0.05) is 37.8 Å². The molecule has 1 fully saturated rings. The van der Waals surface area contributed by atoms with E-state index in [4.69, 9.17) is 16.7 Å². The van der Waals surface area contributed by atoms with Crippen LogP contribution in [-0.4, -0.2) is 62.7 Å². The number of phenolic OH excluding ortho intramolecular Hbond substituents is 2. The molecule has 3 rings (SSSR count). The van der Waals surface area contributed by atoms with Crippen LogP contribution in [0.5, 0.6) is 11.5 Å². The summed E-state index contributed by atoms with van der Waals surface area (Å²) < 4.78 is 0. The van der Waals surface area contributed by atoms with Crippen LogP contribution in [0.15, 0.2) is 18.3 Å². The number of hydrogen-bond acceptors (Lipinski definition) is 5. The smallest absolute Gasteiger partial charge is 0.407 e. The zero-order valence-electron chi connectivity index (χ0n) is 12.0. The van der Waals surface area contributed by atoms with Crippen molar-refractivity contribution < 1.29 is 20.1 Å². The van der Waals surface area contributed by atoms with Gasteiger partial charge in [-0.3, -0.25) is 5.10 Å². The molecule has 1 aromatic heterocycles. The van der Waals surface area contributed by atoms with Gasteiger partial charge in [0.1, 0.15) is 11.5 Å². The lowest BCUT2D eigenvalue weighted by molar-refractivity contribution is 0.142. The van der Waals surface area contributed by atoms with E-state index in [1.165, 1.54) is 17.0 Å². The lowest BCUT2D eigenvalue weighted by Crippen LogP contribution is -2.48. The number of nitrogens with zero attached hydrogens (tertiary/aromatic N) is 3. The van der Waals surface area contributed by atoms with Gasteiger partial charge in [0.15, 0.2) is 0 Å². The van der Waals surface area contributed by atoms with Gasteiger partial charge >= 0.3 is 6.09 Å². The maximum atomic E-state index is 11.0. The fourth-order valence-electron chi connectivity index (χ4n) is 2.61. The molecule has 0 radical (unpaired) electrons. The first-order valence-corrected chi connectivity index (χ1v) is 7.33. The Kier molecular flexibility index (Phi) is 3.91. The number of aromatic amines is 1. The van der Waals surface area contributed by atoms with E-state index in [1.807, 2.05) is 4.90 Å². The topological polar surface area (TPSA) is 113 Å². The molecule has 8 nitrogen and oxygen atoms in total. The molecule has 122 valence electrons. The fourth-order valence-corrected chi connectivity index (χ4v) is 2.77. The van der Waals surface area contributed by atoms with E-state index < -0.39 is 6.09 Å². The summed E-state index contributed by atoms with van der Waals surface area (Å²) in [6, 6.07) is 2.63. The minimum absolute atomic E-state index is 0.119. The fraction of sp³-hybridized carbons (Fsp3) is 0.286. The summed E-state index contributed by atoms with van der Waals surface area (Å²) in [6.45, 7) is 1.82. The van der Waals surface area contributed by atoms with Gasteiger partial charge in [0.25, 0.3) is 0 Å². The second-order valence-corrected chi connectivity index (χ2v) is 5.61. The Hall–Kier alpha value is -2.61. The van der Waals surface area contributed by atoms with Crippen LogP contribution in [0.1, 0.15) is 0 Å². The first-order valence-electron chi connectivity index (χ1n) is 6.95. The van der Waals surface area contributed by atoms with Crippen LogP contribution in [-0.2, 0) is 0 Å². The molecule has 1 aliphatic heterocycles. The zero-order valence-corrected chi connectivity index (χ0v) is 12.8. The number of hydrogen-bond donors (Lipinski definition) is 4. The molecule has 23 heavy (non-hydrogen) atoms. The van der Waals surface area contributed by atoms with Gasteiger partial charge < -0.3 is 25.1 Å². The van der Waals surface area contributed by atoms with Crippen LogP contribution >= 0.6 is 11.6 Å². The van der Waals surface area contributed by atoms with E-state index >= 15 is 0 Å². The van der Waals surface area contributed by atoms with Crippen molar-refractivity contribution in [2.45, 2.75) is 0 Å². The summed E-state index contributed by atoms with van der Waals surface area (Å²) >= 11 is 5.91. The van der Waals surface area contributed by atoms with Gasteiger partial charge in [-0.2, -0.15) is 5.10 Å². The molecule has 1 aromatic carbocycles. The van der Waals surface area contributed by atoms with Crippen LogP contribution < -0.4 is 4.90 Å². The third-order valence-electron chi connectivity index (χ3n) is 3.84. The number of nitrogens with one attached hydrogen (secondary N) is 1. The average molecular weight is 339 g/mol. The number of benzene rings is 1. The molecule has 0 aliphatic carbocycles. The number of piperazine rings is 1. The van der Waals surface area contributed by atoms with Crippen LogP contribution in [0, 0.1) is 0 Å². The summed E-state index contributed by atoms with van der Waals surface area (Å²) in [5.74, 6) is -0.328. The van der Waals surface area contributed by atoms with Crippen molar-refractivity contribution in [2.75, 3.05) is 31.1 Å². The van der Waals surface area contributed by atoms with Gasteiger partial charge in [-0.15, -0.1) is 0 Å². The highest BCUT2D eigenvalue weighted by Gasteiger charge is 2.24. The largest absolute Gasteiger partial charge is 0.507 e. The number of aromatic nitrogens is 2. The number of H-pyrrole nitrogens is 1. The third-order valence-corrected chi connectivity index (χ3v) is 4.15. The summed E-state index contributed by atoms with van der Waals surface area (Å²) in [5.41, 5.74) is 1.72. The zero-order chi connectivity index (χ0) is 16.6. The van der Waals surface area contributed by atoms with E-state index in [2.05, 4.69) is 10.2 Å². The quantitative estimate of drug-likeness (QED) is 0.665. The SMILES string of the molecule is O=C(O)N1CCN(c2cn[nH]c2-c2cc(Cl)c(O)cc2O)CC1. The van der Waals surface area contributed by atoms with E-state index in [0.29, 0.717) is 37.4 Å². The molecule has 1 aliphatic rings. The van der Waals surface area contributed by atoms with Gasteiger partial charge in [0.2, 0.25) is 0 Å². The second kappa shape index (κ2) is 5.88. The molecular formula is C14H15ClN4O4. The predicted octanol–water partition coefficient (Wildman–Crippen LogP) is 1.94. The van der Waals surface area contributed by atoms with Crippen LogP contribution in [0.3, 0.4) is 0 Å². The normalized spacial score (nSPS) is 15.0. The number of amides is 1. The maximum absolute atomic E-state index is 11.0. The molecule has 4 N–H and O–H groups in total. The summed E-state index contributed by atoms with van der Waals surface area (Å²) in [6.07, 6.45) is 0.686. The number of anilines is 1. The van der Waals surface area contributed by atoms with Crippen molar-refractivity contribution in [2.24, 2.45) is 0 Å². The van der Waals surface area contributed by atoms with E-state index in [0.717, 1.165) is 5.69 Å². The predicted molar refractivity (Wildman–Crippen MR) is 84.2 cm³/mol. The Morgan fingerprint density at radius 1 is 1.17 bits per heavy atom. The lowest BCUT2D eigenvalue weighted by Gasteiger charge is -2.34. The van der Waals surface area contributed by atoms with Crippen molar-refractivity contribution >= 4 is 23.4 Å². The molecule has 0 spiro atoms. The van der Waals surface area contributed by atoms with E-state index in [-0.39, 0.29) is 16.5 Å². The summed E-state index contributed by atoms with van der Waals surface area (Å²) in [4.78, 5) is 14.3. The molecule has 0 unspecified atom stereocenters. The highest BCUT2D eigenvalue weighted by atomic mass is 35.5. The molecular weight excluding hydrogens is 324 g/mol. The first kappa shape index (κ1) is 15.3. The van der Waals surface area contributed by atoms with Crippen molar-refractivity contribution in [1.82, 2.24) is 15.1 Å². The summed E-state index contributed by atoms with van der Waals surface area (Å²) in [7, 11) is 0. The van der Waals surface area contributed by atoms with Crippen LogP contribution in [0.25, 0.3) is 11.3 Å². The number of rotatable bonds is 2. The molecule has 9 heteroatoms. The Balaban J connectivity index is 1.89. The standard InChI is InChI=1S/C14H15ClN4O4/c15-9-5-8(11(20)6-12(9)21)13-10(7-16-17-13)18-1-3-19(4-2-18)14(22)23/h5-7,20-21H,1-4H2,(H,16,17)(H,22,23). The number of carbonyl (C=O) groups is 1. The molecule has 1 saturated heterocycles. The number of aromatic hydroxyl groups is 2. The number of halogens is 1. The third kappa shape index (κ3) is 2.85. The molecule has 2 aromatic rings. The average Bonchev–Trinajstić information content (AvgIpc) is 3.00.